The van der Waals surface area contributed by atoms with Gasteiger partial charge in [0, 0.05) is 28.9 Å². The van der Waals surface area contributed by atoms with Crippen LogP contribution in [0.2, 0.25) is 0 Å². The van der Waals surface area contributed by atoms with E-state index in [1.54, 1.807) is 30.7 Å². The van der Waals surface area contributed by atoms with Crippen molar-refractivity contribution in [3.8, 4) is 16.2 Å². The SMILES string of the molecule is CN(C(=O)COc1ccc2occ(-c3cccs3)c2c1)[C@H]1CCS(=O)(=O)C1. The summed E-state index contributed by atoms with van der Waals surface area (Å²) in [6, 6.07) is 9.18. The van der Waals surface area contributed by atoms with Crippen molar-refractivity contribution in [2.75, 3.05) is 25.2 Å². The molecule has 0 saturated carbocycles. The quantitative estimate of drug-likeness (QED) is 0.652. The lowest BCUT2D eigenvalue weighted by Crippen LogP contribution is -2.40. The van der Waals surface area contributed by atoms with Crippen molar-refractivity contribution in [2.45, 2.75) is 12.5 Å². The number of hydrogen-bond acceptors (Lipinski definition) is 6. The highest BCUT2D eigenvalue weighted by molar-refractivity contribution is 7.91. The number of carbonyl (C=O) groups excluding carboxylic acids is 1. The molecule has 0 spiro atoms. The first-order valence-corrected chi connectivity index (χ1v) is 11.3. The zero-order valence-electron chi connectivity index (χ0n) is 14.8. The number of amides is 1. The van der Waals surface area contributed by atoms with Crippen LogP contribution in [0.3, 0.4) is 0 Å². The molecule has 1 aliphatic rings. The molecule has 2 aromatic heterocycles. The third-order valence-corrected chi connectivity index (χ3v) is 7.50. The number of nitrogens with zero attached hydrogens (tertiary/aromatic N) is 1. The second kappa shape index (κ2) is 7.01. The van der Waals surface area contributed by atoms with Crippen molar-refractivity contribution < 1.29 is 22.4 Å². The van der Waals surface area contributed by atoms with Crippen LogP contribution in [0.4, 0.5) is 0 Å². The van der Waals surface area contributed by atoms with Crippen molar-refractivity contribution in [1.29, 1.82) is 0 Å². The van der Waals surface area contributed by atoms with Crippen LogP contribution in [0.15, 0.2) is 46.4 Å². The van der Waals surface area contributed by atoms with Gasteiger partial charge >= 0.3 is 0 Å². The molecular formula is C19H19NO5S2. The van der Waals surface area contributed by atoms with Crippen LogP contribution in [0.5, 0.6) is 5.75 Å². The number of thiophene rings is 1. The van der Waals surface area contributed by atoms with Crippen LogP contribution < -0.4 is 4.74 Å². The van der Waals surface area contributed by atoms with Crippen LogP contribution in [0.25, 0.3) is 21.4 Å². The molecule has 6 nitrogen and oxygen atoms in total. The Morgan fingerprint density at radius 2 is 2.22 bits per heavy atom. The Balaban J connectivity index is 1.46. The molecule has 8 heteroatoms. The highest BCUT2D eigenvalue weighted by Crippen LogP contribution is 2.35. The predicted molar refractivity (Wildman–Crippen MR) is 105 cm³/mol. The molecule has 142 valence electrons. The summed E-state index contributed by atoms with van der Waals surface area (Å²) in [5.41, 5.74) is 1.75. The molecule has 1 aromatic carbocycles. The first-order valence-electron chi connectivity index (χ1n) is 8.57. The molecule has 1 atom stereocenters. The fourth-order valence-electron chi connectivity index (χ4n) is 3.25. The fourth-order valence-corrected chi connectivity index (χ4v) is 5.77. The van der Waals surface area contributed by atoms with E-state index in [9.17, 15) is 13.2 Å². The number of carbonyl (C=O) groups is 1. The van der Waals surface area contributed by atoms with E-state index >= 15 is 0 Å². The Bertz CT molecular complexity index is 1070. The van der Waals surface area contributed by atoms with E-state index in [2.05, 4.69) is 0 Å². The van der Waals surface area contributed by atoms with Crippen LogP contribution in [0.1, 0.15) is 6.42 Å². The lowest BCUT2D eigenvalue weighted by atomic mass is 10.1. The normalized spacial score (nSPS) is 18.6. The summed E-state index contributed by atoms with van der Waals surface area (Å²) in [5, 5.41) is 2.93. The lowest BCUT2D eigenvalue weighted by molar-refractivity contribution is -0.133. The Kier molecular flexibility index (Phi) is 4.69. The molecule has 27 heavy (non-hydrogen) atoms. The van der Waals surface area contributed by atoms with Gasteiger partial charge in [-0.05, 0) is 36.1 Å². The molecular weight excluding hydrogens is 386 g/mol. The van der Waals surface area contributed by atoms with E-state index in [1.165, 1.54) is 4.90 Å². The first kappa shape index (κ1) is 18.1. The highest BCUT2D eigenvalue weighted by Gasteiger charge is 2.32. The van der Waals surface area contributed by atoms with Gasteiger partial charge in [0.1, 0.15) is 17.6 Å². The van der Waals surface area contributed by atoms with Crippen LogP contribution in [-0.2, 0) is 14.6 Å². The number of likely N-dealkylation sites (N-methyl/N-ethyl adjacent to an activating group) is 1. The topological polar surface area (TPSA) is 76.8 Å². The number of benzene rings is 1. The fraction of sp³-hybridized carbons (Fsp3) is 0.316. The van der Waals surface area contributed by atoms with Gasteiger partial charge in [0.15, 0.2) is 16.4 Å². The summed E-state index contributed by atoms with van der Waals surface area (Å²) in [6.45, 7) is -0.134. The summed E-state index contributed by atoms with van der Waals surface area (Å²) in [7, 11) is -1.40. The monoisotopic (exact) mass is 405 g/mol. The van der Waals surface area contributed by atoms with Gasteiger partial charge in [-0.3, -0.25) is 4.79 Å². The third kappa shape index (κ3) is 3.72. The van der Waals surface area contributed by atoms with Gasteiger partial charge in [0.25, 0.3) is 5.91 Å². The summed E-state index contributed by atoms with van der Waals surface area (Å²) in [4.78, 5) is 15.0. The zero-order chi connectivity index (χ0) is 19.0. The Morgan fingerprint density at radius 3 is 2.93 bits per heavy atom. The zero-order valence-corrected chi connectivity index (χ0v) is 16.4. The Morgan fingerprint density at radius 1 is 1.37 bits per heavy atom. The largest absolute Gasteiger partial charge is 0.484 e. The molecule has 1 fully saturated rings. The predicted octanol–water partition coefficient (Wildman–Crippen LogP) is 3.19. The van der Waals surface area contributed by atoms with E-state index < -0.39 is 9.84 Å². The summed E-state index contributed by atoms with van der Waals surface area (Å²) in [6.07, 6.45) is 2.20. The van der Waals surface area contributed by atoms with Crippen molar-refractivity contribution >= 4 is 38.1 Å². The molecule has 0 aliphatic carbocycles. The minimum Gasteiger partial charge on any atom is -0.484 e. The summed E-state index contributed by atoms with van der Waals surface area (Å²) in [5.74, 6) is 0.504. The molecule has 3 aromatic rings. The molecule has 0 radical (unpaired) electrons. The minimum atomic E-state index is -3.03. The second-order valence-electron chi connectivity index (χ2n) is 6.63. The van der Waals surface area contributed by atoms with Crippen LogP contribution in [-0.4, -0.2) is 50.4 Å². The standard InChI is InChI=1S/C19H19NO5S2/c1-20(13-6-8-27(22,23)12-13)19(21)11-24-14-4-5-17-15(9-14)16(10-25-17)18-3-2-7-26-18/h2-5,7,9-10,13H,6,8,11-12H2,1H3/t13-/m0/s1. The second-order valence-corrected chi connectivity index (χ2v) is 9.81. The highest BCUT2D eigenvalue weighted by atomic mass is 32.2. The first-order chi connectivity index (χ1) is 12.9. The van der Waals surface area contributed by atoms with E-state index in [4.69, 9.17) is 9.15 Å². The van der Waals surface area contributed by atoms with Gasteiger partial charge in [-0.25, -0.2) is 8.42 Å². The van der Waals surface area contributed by atoms with Gasteiger partial charge in [0.05, 0.1) is 11.5 Å². The van der Waals surface area contributed by atoms with Crippen molar-refractivity contribution in [2.24, 2.45) is 0 Å². The number of hydrogen-bond donors (Lipinski definition) is 0. The summed E-state index contributed by atoms with van der Waals surface area (Å²) >= 11 is 1.63. The van der Waals surface area contributed by atoms with E-state index in [1.807, 2.05) is 29.6 Å². The van der Waals surface area contributed by atoms with Gasteiger partial charge in [-0.1, -0.05) is 6.07 Å². The smallest absolute Gasteiger partial charge is 0.260 e. The molecule has 3 heterocycles. The van der Waals surface area contributed by atoms with Gasteiger partial charge in [0.2, 0.25) is 0 Å². The van der Waals surface area contributed by atoms with Gasteiger partial charge < -0.3 is 14.1 Å². The van der Waals surface area contributed by atoms with Gasteiger partial charge in [-0.2, -0.15) is 0 Å². The van der Waals surface area contributed by atoms with Crippen LogP contribution >= 0.6 is 11.3 Å². The maximum atomic E-state index is 12.4. The van der Waals surface area contributed by atoms with Gasteiger partial charge in [-0.15, -0.1) is 11.3 Å². The number of furan rings is 1. The molecule has 0 bridgehead atoms. The summed E-state index contributed by atoms with van der Waals surface area (Å²) < 4.78 is 34.5. The molecule has 1 aliphatic heterocycles. The minimum absolute atomic E-state index is 0.0282. The number of sulfone groups is 1. The molecule has 1 amide bonds. The van der Waals surface area contributed by atoms with Crippen LogP contribution in [0, 0.1) is 0 Å². The lowest BCUT2D eigenvalue weighted by Gasteiger charge is -2.23. The molecule has 4 rings (SSSR count). The molecule has 0 unspecified atom stereocenters. The van der Waals surface area contributed by atoms with Crippen molar-refractivity contribution in [1.82, 2.24) is 4.90 Å². The molecule has 1 saturated heterocycles. The maximum Gasteiger partial charge on any atom is 0.260 e. The van der Waals surface area contributed by atoms with Crippen molar-refractivity contribution in [3.05, 3.63) is 42.0 Å². The van der Waals surface area contributed by atoms with Crippen molar-refractivity contribution in [3.63, 3.8) is 0 Å². The number of ether oxygens (including phenoxy) is 1. The molecule has 0 N–H and O–H groups in total. The third-order valence-electron chi connectivity index (χ3n) is 4.84. The van der Waals surface area contributed by atoms with E-state index in [0.717, 1.165) is 21.4 Å². The average Bonchev–Trinajstić information content (AvgIpc) is 3.37. The van der Waals surface area contributed by atoms with E-state index in [-0.39, 0.29) is 30.1 Å². The Hall–Kier alpha value is -2.32. The number of rotatable bonds is 5. The maximum absolute atomic E-state index is 12.4. The average molecular weight is 405 g/mol. The Labute approximate surface area is 161 Å². The number of fused-ring (bicyclic) bond motifs is 1. The van der Waals surface area contributed by atoms with E-state index in [0.29, 0.717) is 12.2 Å².